The Morgan fingerprint density at radius 2 is 1.63 bits per heavy atom. The maximum absolute atomic E-state index is 12.7. The highest BCUT2D eigenvalue weighted by atomic mass is 32.1. The summed E-state index contributed by atoms with van der Waals surface area (Å²) in [6, 6.07) is 8.22. The molecule has 2 unspecified atom stereocenters. The van der Waals surface area contributed by atoms with Crippen molar-refractivity contribution in [2.75, 3.05) is 37.7 Å². The third-order valence-electron chi connectivity index (χ3n) is 6.20. The SMILES string of the molecule is O=C1C2CCCCC2C(=O)N1CN1CCN(c2nc3ccccc3s2)CC1. The summed E-state index contributed by atoms with van der Waals surface area (Å²) in [7, 11) is 0. The number of rotatable bonds is 3. The van der Waals surface area contributed by atoms with Crippen molar-refractivity contribution >= 4 is 38.5 Å². The second-order valence-corrected chi connectivity index (χ2v) is 8.82. The Hall–Kier alpha value is -1.99. The van der Waals surface area contributed by atoms with E-state index in [1.165, 1.54) is 9.60 Å². The van der Waals surface area contributed by atoms with Gasteiger partial charge in [-0.2, -0.15) is 0 Å². The van der Waals surface area contributed by atoms with Crippen LogP contribution in [0.4, 0.5) is 5.13 Å². The molecule has 2 aromatic rings. The zero-order valence-electron chi connectivity index (χ0n) is 15.3. The van der Waals surface area contributed by atoms with E-state index in [1.807, 2.05) is 12.1 Å². The molecule has 5 rings (SSSR count). The molecule has 1 aromatic carbocycles. The first kappa shape index (κ1) is 17.1. The van der Waals surface area contributed by atoms with Gasteiger partial charge in [-0.25, -0.2) is 4.98 Å². The van der Waals surface area contributed by atoms with E-state index in [0.717, 1.165) is 62.5 Å². The Kier molecular flexibility index (Phi) is 4.36. The van der Waals surface area contributed by atoms with E-state index in [-0.39, 0.29) is 23.7 Å². The van der Waals surface area contributed by atoms with Gasteiger partial charge in [-0.3, -0.25) is 19.4 Å². The molecule has 3 heterocycles. The maximum Gasteiger partial charge on any atom is 0.234 e. The van der Waals surface area contributed by atoms with Crippen LogP contribution in [-0.4, -0.2) is 59.4 Å². The number of fused-ring (bicyclic) bond motifs is 2. The maximum atomic E-state index is 12.7. The Labute approximate surface area is 162 Å². The summed E-state index contributed by atoms with van der Waals surface area (Å²) in [4.78, 5) is 36.2. The lowest BCUT2D eigenvalue weighted by molar-refractivity contribution is -0.142. The van der Waals surface area contributed by atoms with Crippen molar-refractivity contribution < 1.29 is 9.59 Å². The number of piperazine rings is 1. The minimum atomic E-state index is -0.0460. The molecule has 3 fully saturated rings. The van der Waals surface area contributed by atoms with Crippen LogP contribution in [-0.2, 0) is 9.59 Å². The van der Waals surface area contributed by atoms with Crippen LogP contribution in [0.25, 0.3) is 10.2 Å². The van der Waals surface area contributed by atoms with Crippen LogP contribution in [0.2, 0.25) is 0 Å². The van der Waals surface area contributed by atoms with Gasteiger partial charge in [-0.15, -0.1) is 0 Å². The largest absolute Gasteiger partial charge is 0.345 e. The average Bonchev–Trinajstić information content (AvgIpc) is 3.24. The number of thiazole rings is 1. The zero-order chi connectivity index (χ0) is 18.4. The number of likely N-dealkylation sites (tertiary alicyclic amines) is 1. The predicted octanol–water partition coefficient (Wildman–Crippen LogP) is 2.55. The molecule has 1 saturated carbocycles. The van der Waals surface area contributed by atoms with Gasteiger partial charge < -0.3 is 4.90 Å². The fourth-order valence-electron chi connectivity index (χ4n) is 4.65. The van der Waals surface area contributed by atoms with Gasteiger partial charge in [-0.1, -0.05) is 36.3 Å². The topological polar surface area (TPSA) is 56.8 Å². The first-order valence-electron chi connectivity index (χ1n) is 9.89. The summed E-state index contributed by atoms with van der Waals surface area (Å²) in [5, 5.41) is 1.06. The third-order valence-corrected chi connectivity index (χ3v) is 7.30. The summed E-state index contributed by atoms with van der Waals surface area (Å²) >= 11 is 1.73. The van der Waals surface area contributed by atoms with E-state index in [1.54, 1.807) is 11.3 Å². The van der Waals surface area contributed by atoms with Gasteiger partial charge in [0, 0.05) is 26.2 Å². The molecule has 2 saturated heterocycles. The van der Waals surface area contributed by atoms with Crippen LogP contribution in [0.3, 0.4) is 0 Å². The van der Waals surface area contributed by atoms with E-state index in [4.69, 9.17) is 4.98 Å². The number of carbonyl (C=O) groups is 2. The van der Waals surface area contributed by atoms with Crippen molar-refractivity contribution in [2.24, 2.45) is 11.8 Å². The molecule has 0 spiro atoms. The number of nitrogens with zero attached hydrogens (tertiary/aromatic N) is 4. The second-order valence-electron chi connectivity index (χ2n) is 7.81. The fraction of sp³-hybridized carbons (Fsp3) is 0.550. The number of para-hydroxylation sites is 1. The van der Waals surface area contributed by atoms with Crippen LogP contribution in [0, 0.1) is 11.8 Å². The van der Waals surface area contributed by atoms with Crippen LogP contribution < -0.4 is 4.90 Å². The lowest BCUT2D eigenvalue weighted by Gasteiger charge is -2.36. The number of hydrogen-bond donors (Lipinski definition) is 0. The van der Waals surface area contributed by atoms with Gasteiger partial charge in [0.05, 0.1) is 28.7 Å². The monoisotopic (exact) mass is 384 g/mol. The van der Waals surface area contributed by atoms with Crippen molar-refractivity contribution in [3.63, 3.8) is 0 Å². The Bertz CT molecular complexity index is 817. The molecule has 7 heteroatoms. The number of hydrogen-bond acceptors (Lipinski definition) is 6. The minimum absolute atomic E-state index is 0.0460. The van der Waals surface area contributed by atoms with E-state index in [2.05, 4.69) is 21.9 Å². The van der Waals surface area contributed by atoms with Crippen LogP contribution in [0.1, 0.15) is 25.7 Å². The van der Waals surface area contributed by atoms with Crippen LogP contribution in [0.5, 0.6) is 0 Å². The highest BCUT2D eigenvalue weighted by Crippen LogP contribution is 2.38. The Balaban J connectivity index is 1.22. The highest BCUT2D eigenvalue weighted by molar-refractivity contribution is 7.22. The average molecular weight is 385 g/mol. The Morgan fingerprint density at radius 1 is 0.963 bits per heavy atom. The summed E-state index contributed by atoms with van der Waals surface area (Å²) in [5.41, 5.74) is 1.05. The van der Waals surface area contributed by atoms with Crippen LogP contribution >= 0.6 is 11.3 Å². The second kappa shape index (κ2) is 6.87. The number of aromatic nitrogens is 1. The highest BCUT2D eigenvalue weighted by Gasteiger charge is 2.48. The van der Waals surface area contributed by atoms with E-state index in [9.17, 15) is 9.59 Å². The predicted molar refractivity (Wildman–Crippen MR) is 106 cm³/mol. The molecule has 2 aliphatic heterocycles. The van der Waals surface area contributed by atoms with E-state index < -0.39 is 0 Å². The van der Waals surface area contributed by atoms with Gasteiger partial charge >= 0.3 is 0 Å². The number of amides is 2. The normalized spacial score (nSPS) is 26.8. The first-order valence-corrected chi connectivity index (χ1v) is 10.7. The third kappa shape index (κ3) is 3.02. The quantitative estimate of drug-likeness (QED) is 0.762. The molecular formula is C20H24N4O2S. The van der Waals surface area contributed by atoms with Crippen molar-refractivity contribution in [3.8, 4) is 0 Å². The van der Waals surface area contributed by atoms with Crippen molar-refractivity contribution in [1.82, 2.24) is 14.8 Å². The molecule has 27 heavy (non-hydrogen) atoms. The fourth-order valence-corrected chi connectivity index (χ4v) is 5.66. The molecule has 142 valence electrons. The molecule has 3 aliphatic rings. The van der Waals surface area contributed by atoms with Crippen LogP contribution in [0.15, 0.2) is 24.3 Å². The van der Waals surface area contributed by atoms with Crippen molar-refractivity contribution in [3.05, 3.63) is 24.3 Å². The first-order chi connectivity index (χ1) is 13.2. The Morgan fingerprint density at radius 3 is 2.30 bits per heavy atom. The van der Waals surface area contributed by atoms with Crippen molar-refractivity contribution in [1.29, 1.82) is 0 Å². The van der Waals surface area contributed by atoms with Gasteiger partial charge in [0.2, 0.25) is 11.8 Å². The van der Waals surface area contributed by atoms with Gasteiger partial charge in [0.25, 0.3) is 0 Å². The number of benzene rings is 1. The van der Waals surface area contributed by atoms with Gasteiger partial charge in [0.1, 0.15) is 0 Å². The summed E-state index contributed by atoms with van der Waals surface area (Å²) in [6.07, 6.45) is 3.93. The molecule has 0 N–H and O–H groups in total. The number of carbonyl (C=O) groups excluding carboxylic acids is 2. The molecule has 2 atom stereocenters. The number of anilines is 1. The molecule has 2 amide bonds. The molecule has 0 bridgehead atoms. The molecule has 6 nitrogen and oxygen atoms in total. The standard InChI is InChI=1S/C20H24N4O2S/c25-18-14-5-1-2-6-15(14)19(26)24(18)13-22-9-11-23(12-10-22)20-21-16-7-3-4-8-17(16)27-20/h3-4,7-8,14-15H,1-2,5-6,9-13H2. The molecular weight excluding hydrogens is 360 g/mol. The van der Waals surface area contributed by atoms with E-state index >= 15 is 0 Å². The molecule has 1 aromatic heterocycles. The lowest BCUT2D eigenvalue weighted by Crippen LogP contribution is -2.51. The van der Waals surface area contributed by atoms with Crippen molar-refractivity contribution in [2.45, 2.75) is 25.7 Å². The smallest absolute Gasteiger partial charge is 0.234 e. The van der Waals surface area contributed by atoms with Gasteiger partial charge in [0.15, 0.2) is 5.13 Å². The zero-order valence-corrected chi connectivity index (χ0v) is 16.2. The summed E-state index contributed by atoms with van der Waals surface area (Å²) in [5.74, 6) is 0.0437. The minimum Gasteiger partial charge on any atom is -0.345 e. The lowest BCUT2D eigenvalue weighted by atomic mass is 9.81. The summed E-state index contributed by atoms with van der Waals surface area (Å²) < 4.78 is 1.21. The number of imide groups is 1. The van der Waals surface area contributed by atoms with Gasteiger partial charge in [-0.05, 0) is 25.0 Å². The summed E-state index contributed by atoms with van der Waals surface area (Å²) in [6.45, 7) is 3.91. The van der Waals surface area contributed by atoms with E-state index in [0.29, 0.717) is 6.67 Å². The molecule has 0 radical (unpaired) electrons. The molecule has 1 aliphatic carbocycles.